The van der Waals surface area contributed by atoms with E-state index in [1.54, 1.807) is 11.8 Å². The second kappa shape index (κ2) is 12.7. The van der Waals surface area contributed by atoms with Crippen molar-refractivity contribution in [2.24, 2.45) is 11.8 Å². The fourth-order valence-electron chi connectivity index (χ4n) is 3.87. The molecule has 1 fully saturated rings. The first-order chi connectivity index (χ1) is 13.6. The highest BCUT2D eigenvalue weighted by molar-refractivity contribution is 8.02. The van der Waals surface area contributed by atoms with E-state index in [0.29, 0.717) is 0 Å². The minimum absolute atomic E-state index is 0.834. The lowest BCUT2D eigenvalue weighted by Gasteiger charge is -2.14. The predicted molar refractivity (Wildman–Crippen MR) is 127 cm³/mol. The molecule has 0 bridgehead atoms. The summed E-state index contributed by atoms with van der Waals surface area (Å²) < 4.78 is 0. The molecule has 2 aliphatic rings. The van der Waals surface area contributed by atoms with E-state index in [1.165, 1.54) is 54.6 Å². The van der Waals surface area contributed by atoms with E-state index in [9.17, 15) is 0 Å². The smallest absolute Gasteiger partial charge is 0.133 e. The van der Waals surface area contributed by atoms with Crippen LogP contribution in [0.25, 0.3) is 0 Å². The number of anilines is 1. The highest BCUT2D eigenvalue weighted by Crippen LogP contribution is 2.31. The number of rotatable bonds is 7. The van der Waals surface area contributed by atoms with Crippen molar-refractivity contribution in [3.63, 3.8) is 0 Å². The molecule has 0 radical (unpaired) electrons. The van der Waals surface area contributed by atoms with Gasteiger partial charge in [-0.15, -0.1) is 11.8 Å². The molecule has 3 heteroatoms. The van der Waals surface area contributed by atoms with Crippen molar-refractivity contribution >= 4 is 17.6 Å². The fraction of sp³-hybridized carbons (Fsp3) is 0.480. The van der Waals surface area contributed by atoms with Gasteiger partial charge in [0, 0.05) is 11.1 Å². The Morgan fingerprint density at radius 1 is 1.39 bits per heavy atom. The third-order valence-electron chi connectivity index (χ3n) is 5.33. The summed E-state index contributed by atoms with van der Waals surface area (Å²) in [5.74, 6) is 2.85. The Bertz CT molecular complexity index is 696. The Morgan fingerprint density at radius 2 is 2.18 bits per heavy atom. The van der Waals surface area contributed by atoms with Gasteiger partial charge in [0.25, 0.3) is 0 Å². The summed E-state index contributed by atoms with van der Waals surface area (Å²) in [4.78, 5) is 5.56. The van der Waals surface area contributed by atoms with E-state index in [0.717, 1.165) is 24.1 Å². The molecule has 0 aromatic carbocycles. The molecule has 0 amide bonds. The van der Waals surface area contributed by atoms with Gasteiger partial charge in [0.1, 0.15) is 5.82 Å². The third-order valence-corrected chi connectivity index (χ3v) is 6.07. The molecule has 1 aromatic heterocycles. The monoisotopic (exact) mass is 396 g/mol. The van der Waals surface area contributed by atoms with Gasteiger partial charge in [-0.2, -0.15) is 0 Å². The number of hydrogen-bond acceptors (Lipinski definition) is 3. The van der Waals surface area contributed by atoms with Gasteiger partial charge in [-0.05, 0) is 67.7 Å². The van der Waals surface area contributed by atoms with Gasteiger partial charge < -0.3 is 5.32 Å². The van der Waals surface area contributed by atoms with Crippen molar-refractivity contribution < 1.29 is 0 Å². The Labute approximate surface area is 176 Å². The maximum Gasteiger partial charge on any atom is 0.133 e. The van der Waals surface area contributed by atoms with Crippen molar-refractivity contribution in [3.05, 3.63) is 71.5 Å². The largest absolute Gasteiger partial charge is 0.347 e. The van der Waals surface area contributed by atoms with Gasteiger partial charge in [-0.25, -0.2) is 4.98 Å². The Morgan fingerprint density at radius 3 is 2.89 bits per heavy atom. The lowest BCUT2D eigenvalue weighted by molar-refractivity contribution is 0.400. The lowest BCUT2D eigenvalue weighted by Crippen LogP contribution is -2.02. The van der Waals surface area contributed by atoms with Gasteiger partial charge in [-0.3, -0.25) is 0 Å². The molecule has 1 aromatic rings. The van der Waals surface area contributed by atoms with Crippen LogP contribution in [0.2, 0.25) is 0 Å². The van der Waals surface area contributed by atoms with Crippen LogP contribution in [0.1, 0.15) is 56.6 Å². The van der Waals surface area contributed by atoms with Crippen LogP contribution in [0, 0.1) is 18.8 Å². The summed E-state index contributed by atoms with van der Waals surface area (Å²) in [6.07, 6.45) is 26.0. The van der Waals surface area contributed by atoms with Crippen LogP contribution >= 0.6 is 11.8 Å². The molecule has 3 rings (SSSR count). The number of pyridine rings is 1. The average molecular weight is 397 g/mol. The van der Waals surface area contributed by atoms with Crippen molar-refractivity contribution in [2.45, 2.75) is 58.8 Å². The number of thioether (sulfide) groups is 1. The number of aryl methyl sites for hydroxylation is 1. The van der Waals surface area contributed by atoms with Crippen LogP contribution in [-0.4, -0.2) is 11.2 Å². The SMILES string of the molecule is C=C/C=C(\C=C/CC(C)CC1CCCC1)SC.Cc1cnc2c(c1)CC=CN2. The maximum atomic E-state index is 4.26. The minimum Gasteiger partial charge on any atom is -0.347 e. The summed E-state index contributed by atoms with van der Waals surface area (Å²) >= 11 is 1.78. The van der Waals surface area contributed by atoms with Gasteiger partial charge in [-0.1, -0.05) is 69.6 Å². The molecular formula is C25H36N2S. The average Bonchev–Trinajstić information content (AvgIpc) is 3.20. The second-order valence-electron chi connectivity index (χ2n) is 7.91. The van der Waals surface area contributed by atoms with E-state index in [2.05, 4.69) is 67.4 Å². The first-order valence-electron chi connectivity index (χ1n) is 10.5. The first-order valence-corrected chi connectivity index (χ1v) is 11.7. The topological polar surface area (TPSA) is 24.9 Å². The molecule has 0 saturated heterocycles. The minimum atomic E-state index is 0.834. The number of nitrogens with zero attached hydrogens (tertiary/aromatic N) is 1. The quantitative estimate of drug-likeness (QED) is 0.484. The molecule has 1 N–H and O–H groups in total. The number of allylic oxidation sites excluding steroid dienone is 5. The zero-order valence-corrected chi connectivity index (χ0v) is 18.6. The normalized spacial score (nSPS) is 17.6. The summed E-state index contributed by atoms with van der Waals surface area (Å²) in [6.45, 7) is 8.19. The summed E-state index contributed by atoms with van der Waals surface area (Å²) in [7, 11) is 0. The summed E-state index contributed by atoms with van der Waals surface area (Å²) in [5, 5.41) is 3.10. The molecular weight excluding hydrogens is 360 g/mol. The van der Waals surface area contributed by atoms with Gasteiger partial charge >= 0.3 is 0 Å². The second-order valence-corrected chi connectivity index (χ2v) is 8.79. The molecule has 2 heterocycles. The predicted octanol–water partition coefficient (Wildman–Crippen LogP) is 7.45. The molecule has 1 unspecified atom stereocenters. The molecule has 0 spiro atoms. The first kappa shape index (κ1) is 22.5. The summed E-state index contributed by atoms with van der Waals surface area (Å²) in [5.41, 5.74) is 2.51. The van der Waals surface area contributed by atoms with E-state index in [1.807, 2.05) is 18.5 Å². The van der Waals surface area contributed by atoms with Crippen molar-refractivity contribution in [1.82, 2.24) is 4.98 Å². The molecule has 1 atom stereocenters. The van der Waals surface area contributed by atoms with Crippen molar-refractivity contribution in [2.75, 3.05) is 11.6 Å². The van der Waals surface area contributed by atoms with Crippen LogP contribution in [0.5, 0.6) is 0 Å². The van der Waals surface area contributed by atoms with Gasteiger partial charge in [0.05, 0.1) is 0 Å². The standard InChI is InChI=1S/C16H26S.C9H10N2/c1-4-8-16(17-3)12-7-9-14(2)13-15-10-5-6-11-15;1-7-5-8-3-2-4-10-9(8)11-6-7/h4,7-8,12,14-15H,1,5-6,9-11,13H2,2-3H3;2,4-6H,3H2,1H3,(H,10,11)/b12-7-,16-8+;. The Kier molecular flexibility index (Phi) is 10.2. The van der Waals surface area contributed by atoms with E-state index < -0.39 is 0 Å². The summed E-state index contributed by atoms with van der Waals surface area (Å²) in [6, 6.07) is 2.17. The highest BCUT2D eigenvalue weighted by atomic mass is 32.2. The molecule has 1 aliphatic carbocycles. The van der Waals surface area contributed by atoms with E-state index >= 15 is 0 Å². The van der Waals surface area contributed by atoms with Crippen LogP contribution < -0.4 is 5.32 Å². The number of fused-ring (bicyclic) bond motifs is 1. The van der Waals surface area contributed by atoms with Crippen LogP contribution in [0.15, 0.2) is 60.3 Å². The lowest BCUT2D eigenvalue weighted by atomic mass is 9.92. The van der Waals surface area contributed by atoms with E-state index in [4.69, 9.17) is 0 Å². The molecule has 1 saturated carbocycles. The zero-order chi connectivity index (χ0) is 20.2. The molecule has 2 nitrogen and oxygen atoms in total. The third kappa shape index (κ3) is 8.10. The number of nitrogens with one attached hydrogen (secondary N) is 1. The number of aromatic nitrogens is 1. The zero-order valence-electron chi connectivity index (χ0n) is 17.8. The van der Waals surface area contributed by atoms with Crippen molar-refractivity contribution in [3.8, 4) is 0 Å². The molecule has 1 aliphatic heterocycles. The Balaban J connectivity index is 0.000000218. The van der Waals surface area contributed by atoms with Crippen LogP contribution in [-0.2, 0) is 6.42 Å². The van der Waals surface area contributed by atoms with Crippen LogP contribution in [0.4, 0.5) is 5.82 Å². The van der Waals surface area contributed by atoms with Crippen molar-refractivity contribution in [1.29, 1.82) is 0 Å². The fourth-order valence-corrected chi connectivity index (χ4v) is 4.34. The van der Waals surface area contributed by atoms with Crippen LogP contribution in [0.3, 0.4) is 0 Å². The molecule has 28 heavy (non-hydrogen) atoms. The molecule has 152 valence electrons. The van der Waals surface area contributed by atoms with Gasteiger partial charge in [0.2, 0.25) is 0 Å². The number of hydrogen-bond donors (Lipinski definition) is 1. The van der Waals surface area contributed by atoms with Gasteiger partial charge in [0.15, 0.2) is 0 Å². The van der Waals surface area contributed by atoms with E-state index in [-0.39, 0.29) is 0 Å². The maximum absolute atomic E-state index is 4.26. The Hall–Kier alpha value is -1.74. The highest BCUT2D eigenvalue weighted by Gasteiger charge is 2.16.